The summed E-state index contributed by atoms with van der Waals surface area (Å²) in [5, 5.41) is 0. The highest BCUT2D eigenvalue weighted by Gasteiger charge is 2.54. The smallest absolute Gasteiger partial charge is 0.317 e. The monoisotopic (exact) mass is 164 g/mol. The van der Waals surface area contributed by atoms with Crippen molar-refractivity contribution in [2.45, 2.75) is 6.42 Å². The van der Waals surface area contributed by atoms with Crippen LogP contribution in [0.25, 0.3) is 0 Å². The van der Waals surface area contributed by atoms with Crippen LogP contribution in [0.5, 0.6) is 0 Å². The van der Waals surface area contributed by atoms with E-state index in [1.807, 2.05) is 0 Å². The third-order valence-corrected chi connectivity index (χ3v) is 2.60. The quantitative estimate of drug-likeness (QED) is 0.383. The Bertz CT molecular complexity index is 222. The topological polar surface area (TPSA) is 43.4 Å². The maximum Gasteiger partial charge on any atom is 0.317 e. The fourth-order valence-electron chi connectivity index (χ4n) is 2.02. The van der Waals surface area contributed by atoms with Gasteiger partial charge in [-0.3, -0.25) is 9.59 Å². The zero-order valence-corrected chi connectivity index (χ0v) is 6.40. The summed E-state index contributed by atoms with van der Waals surface area (Å²) in [6.45, 7) is 11.3. The fourth-order valence-corrected chi connectivity index (χ4v) is 2.02. The number of hydrogen-bond acceptors (Lipinski definition) is 3. The van der Waals surface area contributed by atoms with Crippen LogP contribution in [-0.2, 0) is 14.3 Å². The molecule has 2 fully saturated rings. The van der Waals surface area contributed by atoms with Crippen LogP contribution < -0.4 is 0 Å². The Morgan fingerprint density at radius 1 is 1.08 bits per heavy atom. The van der Waals surface area contributed by atoms with Gasteiger partial charge in [0.2, 0.25) is 0 Å². The van der Waals surface area contributed by atoms with Crippen molar-refractivity contribution in [3.8, 4) is 0 Å². The summed E-state index contributed by atoms with van der Waals surface area (Å²) < 4.78 is 4.43. The van der Waals surface area contributed by atoms with E-state index in [-0.39, 0.29) is 11.8 Å². The number of rotatable bonds is 0. The molecule has 0 aromatic rings. The average molecular weight is 164 g/mol. The minimum atomic E-state index is -0.509. The van der Waals surface area contributed by atoms with Gasteiger partial charge >= 0.3 is 11.9 Å². The standard InChI is InChI=1S/C9H8O3/c1-4-3-5(2)7-6(4)8(10)12-9(7)11/h1-2,4-7H,3H2. The van der Waals surface area contributed by atoms with Crippen LogP contribution in [0.4, 0.5) is 0 Å². The van der Waals surface area contributed by atoms with E-state index in [2.05, 4.69) is 4.74 Å². The molecule has 62 valence electrons. The molecular weight excluding hydrogens is 156 g/mol. The maximum absolute atomic E-state index is 11.0. The second kappa shape index (κ2) is 2.31. The molecule has 1 saturated carbocycles. The van der Waals surface area contributed by atoms with Crippen LogP contribution in [0, 0.1) is 37.5 Å². The molecule has 0 aromatic heterocycles. The molecule has 2 aliphatic rings. The van der Waals surface area contributed by atoms with Gasteiger partial charge in [-0.05, 0) is 32.1 Å². The summed E-state index contributed by atoms with van der Waals surface area (Å²) in [7, 11) is 0. The molecular formula is C9H8O3. The summed E-state index contributed by atoms with van der Waals surface area (Å²) in [6.07, 6.45) is 0.524. The van der Waals surface area contributed by atoms with Crippen molar-refractivity contribution in [2.24, 2.45) is 23.7 Å². The van der Waals surface area contributed by atoms with Gasteiger partial charge in [0.05, 0.1) is 11.8 Å². The van der Waals surface area contributed by atoms with Crippen molar-refractivity contribution < 1.29 is 14.3 Å². The van der Waals surface area contributed by atoms with E-state index in [1.165, 1.54) is 0 Å². The number of fused-ring (bicyclic) bond motifs is 1. The van der Waals surface area contributed by atoms with Crippen LogP contribution in [0.15, 0.2) is 0 Å². The van der Waals surface area contributed by atoms with Gasteiger partial charge in [0.1, 0.15) is 0 Å². The minimum absolute atomic E-state index is 0.316. The first-order valence-electron chi connectivity index (χ1n) is 3.88. The van der Waals surface area contributed by atoms with E-state index in [9.17, 15) is 9.59 Å². The molecule has 12 heavy (non-hydrogen) atoms. The largest absolute Gasteiger partial charge is 0.393 e. The highest BCUT2D eigenvalue weighted by molar-refractivity contribution is 5.97. The molecule has 3 nitrogen and oxygen atoms in total. The number of ether oxygens (including phenoxy) is 1. The first kappa shape index (κ1) is 7.77. The van der Waals surface area contributed by atoms with Gasteiger partial charge in [0.25, 0.3) is 0 Å². The van der Waals surface area contributed by atoms with Gasteiger partial charge in [-0.25, -0.2) is 0 Å². The molecule has 0 bridgehead atoms. The van der Waals surface area contributed by atoms with E-state index in [4.69, 9.17) is 13.8 Å². The van der Waals surface area contributed by atoms with Gasteiger partial charge < -0.3 is 4.74 Å². The van der Waals surface area contributed by atoms with E-state index in [0.717, 1.165) is 0 Å². The molecule has 1 aliphatic heterocycles. The van der Waals surface area contributed by atoms with Crippen molar-refractivity contribution in [1.29, 1.82) is 0 Å². The lowest BCUT2D eigenvalue weighted by Gasteiger charge is -2.05. The molecule has 4 radical (unpaired) electrons. The Morgan fingerprint density at radius 3 is 1.92 bits per heavy atom. The van der Waals surface area contributed by atoms with Crippen LogP contribution in [-0.4, -0.2) is 11.9 Å². The van der Waals surface area contributed by atoms with Crippen molar-refractivity contribution in [3.05, 3.63) is 13.8 Å². The predicted octanol–water partition coefficient (Wildman–Crippen LogP) is 0.360. The van der Waals surface area contributed by atoms with Crippen LogP contribution in [0.3, 0.4) is 0 Å². The zero-order valence-electron chi connectivity index (χ0n) is 6.40. The highest BCUT2D eigenvalue weighted by atomic mass is 16.6. The van der Waals surface area contributed by atoms with Crippen LogP contribution in [0.1, 0.15) is 6.42 Å². The number of cyclic esters (lactones) is 2. The van der Waals surface area contributed by atoms with Crippen LogP contribution in [0.2, 0.25) is 0 Å². The third kappa shape index (κ3) is 0.822. The predicted molar refractivity (Wildman–Crippen MR) is 38.3 cm³/mol. The maximum atomic E-state index is 11.0. The molecule has 2 rings (SSSR count). The summed E-state index contributed by atoms with van der Waals surface area (Å²) >= 11 is 0. The number of carbonyl (C=O) groups excluding carboxylic acids is 2. The summed E-state index contributed by atoms with van der Waals surface area (Å²) in [5.74, 6) is -2.64. The lowest BCUT2D eigenvalue weighted by Crippen LogP contribution is -2.18. The van der Waals surface area contributed by atoms with E-state index in [0.29, 0.717) is 6.42 Å². The summed E-state index contributed by atoms with van der Waals surface area (Å²) in [4.78, 5) is 22.1. The molecule has 1 heterocycles. The Morgan fingerprint density at radius 2 is 1.50 bits per heavy atom. The van der Waals surface area contributed by atoms with Crippen molar-refractivity contribution in [1.82, 2.24) is 0 Å². The normalized spacial score (nSPS) is 46.2. The van der Waals surface area contributed by atoms with Gasteiger partial charge in [0, 0.05) is 0 Å². The Labute approximate surface area is 71.1 Å². The minimum Gasteiger partial charge on any atom is -0.393 e. The first-order chi connectivity index (χ1) is 5.61. The number of carbonyl (C=O) groups is 2. The average Bonchev–Trinajstić information content (AvgIpc) is 2.38. The molecule has 0 N–H and O–H groups in total. The van der Waals surface area contributed by atoms with Crippen molar-refractivity contribution in [3.63, 3.8) is 0 Å². The highest BCUT2D eigenvalue weighted by Crippen LogP contribution is 2.45. The zero-order chi connectivity index (χ0) is 8.88. The van der Waals surface area contributed by atoms with Gasteiger partial charge in [0.15, 0.2) is 0 Å². The Hall–Kier alpha value is -0.860. The Balaban J connectivity index is 2.32. The molecule has 0 spiro atoms. The lowest BCUT2D eigenvalue weighted by molar-refractivity contribution is -0.154. The number of hydrogen-bond donors (Lipinski definition) is 0. The van der Waals surface area contributed by atoms with Gasteiger partial charge in [-0.2, -0.15) is 0 Å². The summed E-state index contributed by atoms with van der Waals surface area (Å²) in [5.41, 5.74) is 0. The second-order valence-electron chi connectivity index (χ2n) is 3.36. The van der Waals surface area contributed by atoms with Crippen molar-refractivity contribution >= 4 is 11.9 Å². The van der Waals surface area contributed by atoms with Crippen molar-refractivity contribution in [2.75, 3.05) is 0 Å². The molecule has 1 saturated heterocycles. The first-order valence-corrected chi connectivity index (χ1v) is 3.88. The molecule has 4 atom stereocenters. The molecule has 4 unspecified atom stereocenters. The lowest BCUT2D eigenvalue weighted by atomic mass is 9.91. The van der Waals surface area contributed by atoms with Gasteiger partial charge in [-0.1, -0.05) is 0 Å². The molecule has 3 heteroatoms. The van der Waals surface area contributed by atoms with Gasteiger partial charge in [-0.15, -0.1) is 0 Å². The summed E-state index contributed by atoms with van der Waals surface area (Å²) in [6, 6.07) is 0. The van der Waals surface area contributed by atoms with Crippen LogP contribution >= 0.6 is 0 Å². The molecule has 0 aromatic carbocycles. The third-order valence-electron chi connectivity index (χ3n) is 2.60. The Kier molecular flexibility index (Phi) is 1.50. The number of esters is 2. The fraction of sp³-hybridized carbons (Fsp3) is 0.556. The SMILES string of the molecule is [CH]C1CC([CH])C2C(=O)OC(=O)C12. The van der Waals surface area contributed by atoms with E-state index < -0.39 is 23.8 Å². The van der Waals surface area contributed by atoms with E-state index >= 15 is 0 Å². The molecule has 1 aliphatic carbocycles. The molecule has 0 amide bonds. The van der Waals surface area contributed by atoms with E-state index in [1.54, 1.807) is 0 Å². The second-order valence-corrected chi connectivity index (χ2v) is 3.36.